The van der Waals surface area contributed by atoms with Crippen molar-refractivity contribution < 1.29 is 9.53 Å². The van der Waals surface area contributed by atoms with Gasteiger partial charge in [-0.3, -0.25) is 18.7 Å². The summed E-state index contributed by atoms with van der Waals surface area (Å²) >= 11 is 0. The van der Waals surface area contributed by atoms with Crippen LogP contribution in [0.5, 0.6) is 0 Å². The van der Waals surface area contributed by atoms with E-state index in [0.29, 0.717) is 30.7 Å². The predicted octanol–water partition coefficient (Wildman–Crippen LogP) is 1.93. The van der Waals surface area contributed by atoms with Gasteiger partial charge in [0.1, 0.15) is 12.7 Å². The minimum absolute atomic E-state index is 0.210. The molecule has 3 rings (SSSR count). The quantitative estimate of drug-likeness (QED) is 0.647. The highest BCUT2D eigenvalue weighted by molar-refractivity contribution is 5.71. The highest BCUT2D eigenvalue weighted by Crippen LogP contribution is 2.13. The van der Waals surface area contributed by atoms with Crippen LogP contribution in [0.15, 0.2) is 47.8 Å². The lowest BCUT2D eigenvalue weighted by atomic mass is 10.3. The maximum Gasteiger partial charge on any atom is 0.305 e. The fourth-order valence-corrected chi connectivity index (χ4v) is 2.49. The van der Waals surface area contributed by atoms with Gasteiger partial charge in [0.05, 0.1) is 6.61 Å². The molecule has 1 aromatic carbocycles. The smallest absolute Gasteiger partial charge is 0.305 e. The van der Waals surface area contributed by atoms with Crippen molar-refractivity contribution in [3.63, 3.8) is 0 Å². The molecule has 0 radical (unpaired) electrons. The molecule has 7 heteroatoms. The number of aromatic nitrogens is 4. The SMILES string of the molecule is CCOC(=O)CCCn1cnc2c(ncn2-c2ccccc2)c1=O. The van der Waals surface area contributed by atoms with Gasteiger partial charge >= 0.3 is 5.97 Å². The molecule has 0 saturated heterocycles. The number of carbonyl (C=O) groups is 1. The number of hydrogen-bond acceptors (Lipinski definition) is 5. The molecule has 2 aromatic heterocycles. The van der Waals surface area contributed by atoms with Crippen LogP contribution >= 0.6 is 0 Å². The van der Waals surface area contributed by atoms with E-state index in [9.17, 15) is 9.59 Å². The third kappa shape index (κ3) is 3.19. The van der Waals surface area contributed by atoms with Crippen LogP contribution in [0.4, 0.5) is 0 Å². The van der Waals surface area contributed by atoms with Crippen LogP contribution in [-0.2, 0) is 16.1 Å². The molecule has 0 bridgehead atoms. The van der Waals surface area contributed by atoms with E-state index in [4.69, 9.17) is 4.74 Å². The molecule has 0 N–H and O–H groups in total. The Morgan fingerprint density at radius 1 is 1.17 bits per heavy atom. The highest BCUT2D eigenvalue weighted by Gasteiger charge is 2.11. The van der Waals surface area contributed by atoms with Crippen molar-refractivity contribution in [2.45, 2.75) is 26.3 Å². The topological polar surface area (TPSA) is 79.0 Å². The Labute approximate surface area is 138 Å². The third-order valence-corrected chi connectivity index (χ3v) is 3.64. The van der Waals surface area contributed by atoms with Gasteiger partial charge in [-0.25, -0.2) is 9.97 Å². The van der Waals surface area contributed by atoms with Crippen LogP contribution in [0.3, 0.4) is 0 Å². The van der Waals surface area contributed by atoms with E-state index in [2.05, 4.69) is 9.97 Å². The Morgan fingerprint density at radius 2 is 1.96 bits per heavy atom. The van der Waals surface area contributed by atoms with Gasteiger partial charge in [0.2, 0.25) is 0 Å². The van der Waals surface area contributed by atoms with E-state index < -0.39 is 0 Å². The average molecular weight is 326 g/mol. The van der Waals surface area contributed by atoms with Crippen LogP contribution in [0.25, 0.3) is 16.9 Å². The van der Waals surface area contributed by atoms with Crippen molar-refractivity contribution in [1.82, 2.24) is 19.1 Å². The number of fused-ring (bicyclic) bond motifs is 1. The molecule has 0 amide bonds. The van der Waals surface area contributed by atoms with Gasteiger partial charge < -0.3 is 4.74 Å². The number of nitrogens with zero attached hydrogens (tertiary/aromatic N) is 4. The molecule has 3 aromatic rings. The maximum absolute atomic E-state index is 12.5. The molecule has 7 nitrogen and oxygen atoms in total. The van der Waals surface area contributed by atoms with Crippen LogP contribution in [0.2, 0.25) is 0 Å². The van der Waals surface area contributed by atoms with Crippen molar-refractivity contribution in [2.24, 2.45) is 0 Å². The second-order valence-corrected chi connectivity index (χ2v) is 5.27. The first-order valence-electron chi connectivity index (χ1n) is 7.84. The van der Waals surface area contributed by atoms with Crippen molar-refractivity contribution >= 4 is 17.1 Å². The van der Waals surface area contributed by atoms with E-state index in [-0.39, 0.29) is 17.9 Å². The van der Waals surface area contributed by atoms with E-state index in [1.165, 1.54) is 10.9 Å². The van der Waals surface area contributed by atoms with E-state index in [1.54, 1.807) is 17.8 Å². The van der Waals surface area contributed by atoms with Crippen LogP contribution in [-0.4, -0.2) is 31.7 Å². The number of esters is 1. The first kappa shape index (κ1) is 15.9. The Kier molecular flexibility index (Phi) is 4.69. The number of imidazole rings is 1. The Hall–Kier alpha value is -2.96. The molecule has 0 aliphatic carbocycles. The zero-order valence-electron chi connectivity index (χ0n) is 13.4. The highest BCUT2D eigenvalue weighted by atomic mass is 16.5. The normalized spacial score (nSPS) is 10.9. The number of aryl methyl sites for hydroxylation is 1. The fraction of sp³-hybridized carbons (Fsp3) is 0.294. The molecule has 0 aliphatic heterocycles. The molecular formula is C17H18N4O3. The number of rotatable bonds is 6. The molecule has 0 unspecified atom stereocenters. The summed E-state index contributed by atoms with van der Waals surface area (Å²) in [6.07, 6.45) is 3.89. The molecule has 124 valence electrons. The predicted molar refractivity (Wildman–Crippen MR) is 89.0 cm³/mol. The van der Waals surface area contributed by atoms with Crippen molar-refractivity contribution in [1.29, 1.82) is 0 Å². The number of ether oxygens (including phenoxy) is 1. The lowest BCUT2D eigenvalue weighted by Gasteiger charge is -2.06. The molecule has 2 heterocycles. The molecule has 24 heavy (non-hydrogen) atoms. The van der Waals surface area contributed by atoms with Crippen LogP contribution < -0.4 is 5.56 Å². The summed E-state index contributed by atoms with van der Waals surface area (Å²) < 4.78 is 8.13. The second-order valence-electron chi connectivity index (χ2n) is 5.27. The van der Waals surface area contributed by atoms with Gasteiger partial charge in [0, 0.05) is 18.7 Å². The summed E-state index contributed by atoms with van der Waals surface area (Å²) in [4.78, 5) is 32.4. The van der Waals surface area contributed by atoms with E-state index in [0.717, 1.165) is 5.69 Å². The summed E-state index contributed by atoms with van der Waals surface area (Å²) in [5, 5.41) is 0. The summed E-state index contributed by atoms with van der Waals surface area (Å²) in [5.74, 6) is -0.257. The van der Waals surface area contributed by atoms with Crippen molar-refractivity contribution in [3.05, 3.63) is 53.3 Å². The summed E-state index contributed by atoms with van der Waals surface area (Å²) in [6.45, 7) is 2.53. The zero-order valence-corrected chi connectivity index (χ0v) is 13.4. The molecular weight excluding hydrogens is 308 g/mol. The van der Waals surface area contributed by atoms with E-state index in [1.807, 2.05) is 30.3 Å². The number of hydrogen-bond donors (Lipinski definition) is 0. The van der Waals surface area contributed by atoms with Crippen LogP contribution in [0.1, 0.15) is 19.8 Å². The maximum atomic E-state index is 12.5. The molecule has 0 saturated carbocycles. The lowest BCUT2D eigenvalue weighted by Crippen LogP contribution is -2.21. The Bertz CT molecular complexity index is 899. The molecule has 0 spiro atoms. The van der Waals surface area contributed by atoms with Gasteiger partial charge in [-0.1, -0.05) is 18.2 Å². The Morgan fingerprint density at radius 3 is 2.71 bits per heavy atom. The first-order chi connectivity index (χ1) is 11.7. The van der Waals surface area contributed by atoms with Crippen molar-refractivity contribution in [3.8, 4) is 5.69 Å². The molecule has 0 aliphatic rings. The lowest BCUT2D eigenvalue weighted by molar-refractivity contribution is -0.143. The minimum atomic E-state index is -0.257. The number of carbonyl (C=O) groups excluding carboxylic acids is 1. The fourth-order valence-electron chi connectivity index (χ4n) is 2.49. The van der Waals surface area contributed by atoms with Gasteiger partial charge in [0.15, 0.2) is 11.2 Å². The minimum Gasteiger partial charge on any atom is -0.466 e. The van der Waals surface area contributed by atoms with Gasteiger partial charge in [-0.2, -0.15) is 0 Å². The van der Waals surface area contributed by atoms with Gasteiger partial charge in [0.25, 0.3) is 5.56 Å². The number of para-hydroxylation sites is 1. The summed E-state index contributed by atoms with van der Waals surface area (Å²) in [7, 11) is 0. The average Bonchev–Trinajstić information content (AvgIpc) is 3.03. The summed E-state index contributed by atoms with van der Waals surface area (Å²) in [6, 6.07) is 9.60. The van der Waals surface area contributed by atoms with E-state index >= 15 is 0 Å². The largest absolute Gasteiger partial charge is 0.466 e. The molecule has 0 fully saturated rings. The first-order valence-corrected chi connectivity index (χ1v) is 7.84. The summed E-state index contributed by atoms with van der Waals surface area (Å²) in [5.41, 5.74) is 1.52. The van der Waals surface area contributed by atoms with Crippen molar-refractivity contribution in [2.75, 3.05) is 6.61 Å². The van der Waals surface area contributed by atoms with Gasteiger partial charge in [-0.05, 0) is 25.5 Å². The third-order valence-electron chi connectivity index (χ3n) is 3.64. The zero-order chi connectivity index (χ0) is 16.9. The monoisotopic (exact) mass is 326 g/mol. The number of benzene rings is 1. The Balaban J connectivity index is 1.82. The van der Waals surface area contributed by atoms with Gasteiger partial charge in [-0.15, -0.1) is 0 Å². The standard InChI is InChI=1S/C17H18N4O3/c1-2-24-14(22)9-6-10-20-11-19-16-15(17(20)23)18-12-21(16)13-7-4-3-5-8-13/h3-5,7-8,11-12H,2,6,9-10H2,1H3. The molecule has 0 atom stereocenters. The van der Waals surface area contributed by atoms with Crippen LogP contribution in [0, 0.1) is 0 Å². The second kappa shape index (κ2) is 7.08.